The number of pyridine rings is 1. The van der Waals surface area contributed by atoms with Gasteiger partial charge in [0.15, 0.2) is 0 Å². The van der Waals surface area contributed by atoms with Crippen molar-refractivity contribution in [3.8, 4) is 34.1 Å². The van der Waals surface area contributed by atoms with Gasteiger partial charge < -0.3 is 23.8 Å². The molecule has 0 bridgehead atoms. The number of nitrogens with zero attached hydrogens (tertiary/aromatic N) is 5. The summed E-state index contributed by atoms with van der Waals surface area (Å²) in [6.45, 7) is 8.30. The lowest BCUT2D eigenvalue weighted by atomic mass is 9.99. The van der Waals surface area contributed by atoms with E-state index in [9.17, 15) is 9.90 Å². The number of halogens is 1. The van der Waals surface area contributed by atoms with E-state index in [2.05, 4.69) is 20.7 Å². The third-order valence-corrected chi connectivity index (χ3v) is 7.37. The zero-order chi connectivity index (χ0) is 27.7. The maximum Gasteiger partial charge on any atom is 0.338 e. The fraction of sp³-hybridized carbons (Fsp3) is 0.379. The first-order valence-electron chi connectivity index (χ1n) is 13.1. The van der Waals surface area contributed by atoms with E-state index in [0.717, 1.165) is 60.3 Å². The first kappa shape index (κ1) is 26.4. The Morgan fingerprint density at radius 1 is 1.26 bits per heavy atom. The van der Waals surface area contributed by atoms with E-state index in [1.807, 2.05) is 26.1 Å². The fourth-order valence-electron chi connectivity index (χ4n) is 5.49. The second-order valence-electron chi connectivity index (χ2n) is 9.79. The van der Waals surface area contributed by atoms with E-state index >= 15 is 4.39 Å². The summed E-state index contributed by atoms with van der Waals surface area (Å²) < 4.78 is 28.4. The van der Waals surface area contributed by atoms with Gasteiger partial charge in [0.2, 0.25) is 0 Å². The third kappa shape index (κ3) is 4.98. The van der Waals surface area contributed by atoms with Crippen molar-refractivity contribution < 1.29 is 23.6 Å². The van der Waals surface area contributed by atoms with Crippen LogP contribution in [0, 0.1) is 31.0 Å². The number of carboxylic acids is 1. The summed E-state index contributed by atoms with van der Waals surface area (Å²) >= 11 is 0. The lowest BCUT2D eigenvalue weighted by Gasteiger charge is -2.32. The topological polar surface area (TPSA) is 117 Å². The molecule has 0 radical (unpaired) electrons. The highest BCUT2D eigenvalue weighted by molar-refractivity contribution is 5.99. The Balaban J connectivity index is 1.67. The van der Waals surface area contributed by atoms with E-state index in [1.165, 1.54) is 12.1 Å². The quantitative estimate of drug-likeness (QED) is 0.305. The van der Waals surface area contributed by atoms with E-state index in [4.69, 9.17) is 19.5 Å². The second kappa shape index (κ2) is 10.9. The minimum absolute atomic E-state index is 0.163. The molecule has 1 N–H and O–H groups in total. The molecule has 5 rings (SSSR count). The van der Waals surface area contributed by atoms with Crippen LogP contribution in [-0.2, 0) is 0 Å². The standard InChI is InChI=1S/C29H30FN5O4/c1-4-38-26-14-23(29(36)37)25(30)13-21(26)24-16-35(20-6-10-34(11-7-20)9-5-8-31)28-22(24)12-19(15-32-28)27-17(2)33-39-18(27)3/h12-16,20H,4-7,9-11H2,1-3H3,(H,36,37). The van der Waals surface area contributed by atoms with Crippen molar-refractivity contribution in [3.63, 3.8) is 0 Å². The number of nitriles is 1. The van der Waals surface area contributed by atoms with Crippen LogP contribution in [0.25, 0.3) is 33.3 Å². The molecule has 1 fully saturated rings. The molecular formula is C29H30FN5O4. The van der Waals surface area contributed by atoms with Crippen LogP contribution in [0.1, 0.15) is 54.0 Å². The van der Waals surface area contributed by atoms with Crippen LogP contribution in [0.3, 0.4) is 0 Å². The number of aryl methyl sites for hydroxylation is 2. The lowest BCUT2D eigenvalue weighted by molar-refractivity contribution is 0.0691. The minimum Gasteiger partial charge on any atom is -0.493 e. The van der Waals surface area contributed by atoms with E-state index < -0.39 is 17.3 Å². The fourth-order valence-corrected chi connectivity index (χ4v) is 5.49. The maximum atomic E-state index is 15.0. The number of hydrogen-bond donors (Lipinski definition) is 1. The zero-order valence-electron chi connectivity index (χ0n) is 22.2. The summed E-state index contributed by atoms with van der Waals surface area (Å²) in [6.07, 6.45) is 6.04. The summed E-state index contributed by atoms with van der Waals surface area (Å²) in [5.41, 5.74) is 3.90. The first-order chi connectivity index (χ1) is 18.8. The van der Waals surface area contributed by atoms with Crippen molar-refractivity contribution >= 4 is 17.0 Å². The Bertz CT molecular complexity index is 1560. The maximum absolute atomic E-state index is 15.0. The molecule has 0 atom stereocenters. The average Bonchev–Trinajstić information content (AvgIpc) is 3.47. The van der Waals surface area contributed by atoms with Crippen LogP contribution in [0.4, 0.5) is 4.39 Å². The number of piperidine rings is 1. The van der Waals surface area contributed by atoms with Crippen molar-refractivity contribution in [2.75, 3.05) is 26.2 Å². The molecule has 202 valence electrons. The molecular weight excluding hydrogens is 501 g/mol. The van der Waals surface area contributed by atoms with Gasteiger partial charge in [0.1, 0.15) is 23.0 Å². The number of benzene rings is 1. The average molecular weight is 532 g/mol. The molecule has 4 heterocycles. The molecule has 0 amide bonds. The van der Waals surface area contributed by atoms with Gasteiger partial charge in [-0.05, 0) is 51.8 Å². The van der Waals surface area contributed by atoms with Crippen LogP contribution >= 0.6 is 0 Å². The molecule has 1 aliphatic rings. The molecule has 0 unspecified atom stereocenters. The van der Waals surface area contributed by atoms with Gasteiger partial charge in [-0.1, -0.05) is 5.16 Å². The molecule has 4 aromatic rings. The van der Waals surface area contributed by atoms with Crippen molar-refractivity contribution in [2.24, 2.45) is 0 Å². The number of hydrogen-bond acceptors (Lipinski definition) is 7. The Labute approximate surface area is 225 Å². The first-order valence-corrected chi connectivity index (χ1v) is 13.1. The van der Waals surface area contributed by atoms with Crippen LogP contribution in [-0.4, -0.2) is 56.9 Å². The van der Waals surface area contributed by atoms with Gasteiger partial charge in [0.05, 0.1) is 23.9 Å². The van der Waals surface area contributed by atoms with Crippen LogP contribution in [0.5, 0.6) is 5.75 Å². The molecule has 1 saturated heterocycles. The van der Waals surface area contributed by atoms with Crippen molar-refractivity contribution in [1.29, 1.82) is 5.26 Å². The largest absolute Gasteiger partial charge is 0.493 e. The number of aromatic nitrogens is 3. The van der Waals surface area contributed by atoms with Crippen molar-refractivity contribution in [1.82, 2.24) is 19.6 Å². The minimum atomic E-state index is -1.35. The number of carbonyl (C=O) groups is 1. The van der Waals surface area contributed by atoms with E-state index in [1.54, 1.807) is 13.1 Å². The predicted octanol–water partition coefficient (Wildman–Crippen LogP) is 5.76. The molecule has 9 nitrogen and oxygen atoms in total. The highest BCUT2D eigenvalue weighted by Gasteiger charge is 2.26. The van der Waals surface area contributed by atoms with Gasteiger partial charge in [-0.3, -0.25) is 0 Å². The molecule has 10 heteroatoms. The summed E-state index contributed by atoms with van der Waals surface area (Å²) in [7, 11) is 0. The van der Waals surface area contributed by atoms with Crippen molar-refractivity contribution in [2.45, 2.75) is 46.1 Å². The van der Waals surface area contributed by atoms with Crippen molar-refractivity contribution in [3.05, 3.63) is 53.4 Å². The highest BCUT2D eigenvalue weighted by atomic mass is 19.1. The number of likely N-dealkylation sites (tertiary alicyclic amines) is 1. The summed E-state index contributed by atoms with van der Waals surface area (Å²) in [6, 6.07) is 6.86. The number of aromatic carboxylic acids is 1. The van der Waals surface area contributed by atoms with E-state index in [-0.39, 0.29) is 6.04 Å². The van der Waals surface area contributed by atoms with Crippen LogP contribution < -0.4 is 4.74 Å². The zero-order valence-corrected chi connectivity index (χ0v) is 22.2. The molecule has 1 aliphatic heterocycles. The van der Waals surface area contributed by atoms with Crippen LogP contribution in [0.2, 0.25) is 0 Å². The lowest BCUT2D eigenvalue weighted by Crippen LogP contribution is -2.35. The number of fused-ring (bicyclic) bond motifs is 1. The SMILES string of the molecule is CCOc1cc(C(=O)O)c(F)cc1-c1cn(C2CCN(CCC#N)CC2)c2ncc(-c3c(C)noc3C)cc12. The van der Waals surface area contributed by atoms with Gasteiger partial charge in [0, 0.05) is 72.1 Å². The molecule has 3 aromatic heterocycles. The molecule has 0 spiro atoms. The Morgan fingerprint density at radius 2 is 2.03 bits per heavy atom. The molecule has 0 aliphatic carbocycles. The smallest absolute Gasteiger partial charge is 0.338 e. The third-order valence-electron chi connectivity index (χ3n) is 7.37. The Hall–Kier alpha value is -4.23. The van der Waals surface area contributed by atoms with Gasteiger partial charge in [-0.2, -0.15) is 5.26 Å². The van der Waals surface area contributed by atoms with Crippen LogP contribution in [0.15, 0.2) is 35.1 Å². The van der Waals surface area contributed by atoms with Gasteiger partial charge >= 0.3 is 5.97 Å². The molecule has 1 aromatic carbocycles. The molecule has 0 saturated carbocycles. The molecule has 39 heavy (non-hydrogen) atoms. The van der Waals surface area contributed by atoms with E-state index in [0.29, 0.717) is 35.7 Å². The predicted molar refractivity (Wildman–Crippen MR) is 143 cm³/mol. The second-order valence-corrected chi connectivity index (χ2v) is 9.79. The van der Waals surface area contributed by atoms with Gasteiger partial charge in [-0.25, -0.2) is 14.2 Å². The van der Waals surface area contributed by atoms with Gasteiger partial charge in [-0.15, -0.1) is 0 Å². The normalized spacial score (nSPS) is 14.5. The van der Waals surface area contributed by atoms with Gasteiger partial charge in [0.25, 0.3) is 0 Å². The number of rotatable bonds is 8. The number of carboxylic acid groups (broad SMARTS) is 1. The monoisotopic (exact) mass is 531 g/mol. The summed E-state index contributed by atoms with van der Waals surface area (Å²) in [5, 5.41) is 23.3. The summed E-state index contributed by atoms with van der Waals surface area (Å²) in [4.78, 5) is 18.8. The Kier molecular flexibility index (Phi) is 7.35. The Morgan fingerprint density at radius 3 is 2.67 bits per heavy atom. The number of ether oxygens (including phenoxy) is 1. The highest BCUT2D eigenvalue weighted by Crippen LogP contribution is 2.41. The summed E-state index contributed by atoms with van der Waals surface area (Å²) in [5.74, 6) is -1.22.